The summed E-state index contributed by atoms with van der Waals surface area (Å²) < 4.78 is 7.82. The van der Waals surface area contributed by atoms with Crippen LogP contribution in [0.15, 0.2) is 24.7 Å². The first kappa shape index (κ1) is 9.23. The van der Waals surface area contributed by atoms with Crippen molar-refractivity contribution in [1.82, 2.24) is 13.7 Å². The molecule has 2 heterocycles. The van der Waals surface area contributed by atoms with Gasteiger partial charge in [-0.15, -0.1) is 0 Å². The first-order valence-corrected chi connectivity index (χ1v) is 4.87. The minimum Gasteiger partial charge on any atom is -0.382 e. The maximum atomic E-state index is 9.87. The second-order valence-electron chi connectivity index (χ2n) is 3.03. The molecule has 0 bridgehead atoms. The SMILES string of the molecule is Cc1cncc(C(O)c2cnsn2)c1. The number of rotatable bonds is 2. The van der Waals surface area contributed by atoms with Gasteiger partial charge in [0.1, 0.15) is 11.8 Å². The Hall–Kier alpha value is -1.33. The van der Waals surface area contributed by atoms with E-state index < -0.39 is 6.10 Å². The molecular weight excluding hydrogens is 198 g/mol. The number of pyridine rings is 1. The van der Waals surface area contributed by atoms with E-state index in [1.165, 1.54) is 0 Å². The van der Waals surface area contributed by atoms with Crippen molar-refractivity contribution >= 4 is 11.7 Å². The summed E-state index contributed by atoms with van der Waals surface area (Å²) in [6.07, 6.45) is 4.23. The fourth-order valence-electron chi connectivity index (χ4n) is 1.19. The lowest BCUT2D eigenvalue weighted by Gasteiger charge is -2.06. The lowest BCUT2D eigenvalue weighted by Crippen LogP contribution is -2.00. The Balaban J connectivity index is 2.32. The number of aryl methyl sites for hydroxylation is 1. The van der Waals surface area contributed by atoms with Gasteiger partial charge in [-0.3, -0.25) is 4.98 Å². The Morgan fingerprint density at radius 2 is 2.21 bits per heavy atom. The highest BCUT2D eigenvalue weighted by molar-refractivity contribution is 6.99. The highest BCUT2D eigenvalue weighted by Gasteiger charge is 2.13. The highest BCUT2D eigenvalue weighted by atomic mass is 32.1. The topological polar surface area (TPSA) is 58.9 Å². The van der Waals surface area contributed by atoms with Crippen LogP contribution in [0.3, 0.4) is 0 Å². The molecular formula is C9H9N3OS. The van der Waals surface area contributed by atoms with Crippen molar-refractivity contribution < 1.29 is 5.11 Å². The van der Waals surface area contributed by atoms with Crippen LogP contribution in [0.25, 0.3) is 0 Å². The quantitative estimate of drug-likeness (QED) is 0.807. The minimum atomic E-state index is -0.721. The van der Waals surface area contributed by atoms with Crippen molar-refractivity contribution in [3.8, 4) is 0 Å². The Labute approximate surface area is 85.6 Å². The number of aromatic nitrogens is 3. The summed E-state index contributed by atoms with van der Waals surface area (Å²) in [6, 6.07) is 1.89. The van der Waals surface area contributed by atoms with Gasteiger partial charge < -0.3 is 5.11 Å². The first-order chi connectivity index (χ1) is 6.77. The zero-order valence-corrected chi connectivity index (χ0v) is 8.40. The summed E-state index contributed by atoms with van der Waals surface area (Å²) in [5.74, 6) is 0. The molecule has 0 aromatic carbocycles. The van der Waals surface area contributed by atoms with Crippen molar-refractivity contribution in [3.63, 3.8) is 0 Å². The van der Waals surface area contributed by atoms with Gasteiger partial charge in [0.2, 0.25) is 0 Å². The van der Waals surface area contributed by atoms with Gasteiger partial charge in [0, 0.05) is 18.0 Å². The lowest BCUT2D eigenvalue weighted by molar-refractivity contribution is 0.216. The smallest absolute Gasteiger partial charge is 0.125 e. The maximum Gasteiger partial charge on any atom is 0.125 e. The number of hydrogen-bond donors (Lipinski definition) is 1. The molecule has 5 heteroatoms. The third-order valence-electron chi connectivity index (χ3n) is 1.87. The zero-order valence-electron chi connectivity index (χ0n) is 7.58. The molecule has 0 saturated carbocycles. The molecule has 1 N–H and O–H groups in total. The van der Waals surface area contributed by atoms with Crippen LogP contribution in [-0.4, -0.2) is 18.8 Å². The molecule has 2 aromatic rings. The average Bonchev–Trinajstić information content (AvgIpc) is 2.69. The van der Waals surface area contributed by atoms with Crippen molar-refractivity contribution in [1.29, 1.82) is 0 Å². The van der Waals surface area contributed by atoms with E-state index in [-0.39, 0.29) is 0 Å². The van der Waals surface area contributed by atoms with Gasteiger partial charge in [0.15, 0.2) is 0 Å². The van der Waals surface area contributed by atoms with E-state index in [0.29, 0.717) is 5.69 Å². The molecule has 0 radical (unpaired) electrons. The van der Waals surface area contributed by atoms with Gasteiger partial charge in [-0.2, -0.15) is 8.75 Å². The molecule has 0 spiro atoms. The van der Waals surface area contributed by atoms with Gasteiger partial charge in [0.05, 0.1) is 17.9 Å². The van der Waals surface area contributed by atoms with Gasteiger partial charge >= 0.3 is 0 Å². The molecule has 0 aliphatic heterocycles. The fraction of sp³-hybridized carbons (Fsp3) is 0.222. The molecule has 1 unspecified atom stereocenters. The Kier molecular flexibility index (Phi) is 2.51. The first-order valence-electron chi connectivity index (χ1n) is 4.14. The molecule has 2 aromatic heterocycles. The second kappa shape index (κ2) is 3.81. The van der Waals surface area contributed by atoms with E-state index in [0.717, 1.165) is 22.9 Å². The van der Waals surface area contributed by atoms with Crippen LogP contribution >= 0.6 is 11.7 Å². The monoisotopic (exact) mass is 207 g/mol. The van der Waals surface area contributed by atoms with Crippen molar-refractivity contribution in [3.05, 3.63) is 41.5 Å². The van der Waals surface area contributed by atoms with Gasteiger partial charge in [-0.05, 0) is 12.5 Å². The van der Waals surface area contributed by atoms with Crippen molar-refractivity contribution in [2.75, 3.05) is 0 Å². The summed E-state index contributed by atoms with van der Waals surface area (Å²) in [5.41, 5.74) is 2.34. The number of nitrogens with zero attached hydrogens (tertiary/aromatic N) is 3. The molecule has 1 atom stereocenters. The Morgan fingerprint density at radius 3 is 2.86 bits per heavy atom. The standard InChI is InChI=1S/C9H9N3OS/c1-6-2-7(4-10-3-6)9(13)8-5-11-14-12-8/h2-5,9,13H,1H3. The molecule has 14 heavy (non-hydrogen) atoms. The van der Waals surface area contributed by atoms with Crippen LogP contribution in [-0.2, 0) is 0 Å². The number of aliphatic hydroxyl groups excluding tert-OH is 1. The Bertz CT molecular complexity index is 416. The summed E-state index contributed by atoms with van der Waals surface area (Å²) in [5, 5.41) is 9.87. The van der Waals surface area contributed by atoms with Gasteiger partial charge in [0.25, 0.3) is 0 Å². The van der Waals surface area contributed by atoms with E-state index in [4.69, 9.17) is 0 Å². The van der Waals surface area contributed by atoms with E-state index in [1.807, 2.05) is 13.0 Å². The molecule has 4 nitrogen and oxygen atoms in total. The molecule has 0 amide bonds. The second-order valence-corrected chi connectivity index (χ2v) is 3.59. The third kappa shape index (κ3) is 1.78. The third-order valence-corrected chi connectivity index (χ3v) is 2.36. The largest absolute Gasteiger partial charge is 0.382 e. The maximum absolute atomic E-state index is 9.87. The average molecular weight is 207 g/mol. The molecule has 0 saturated heterocycles. The minimum absolute atomic E-state index is 0.572. The van der Waals surface area contributed by atoms with Crippen molar-refractivity contribution in [2.24, 2.45) is 0 Å². The summed E-state index contributed by atoms with van der Waals surface area (Å²) in [4.78, 5) is 4.01. The normalized spacial score (nSPS) is 12.7. The van der Waals surface area contributed by atoms with Crippen LogP contribution in [0.5, 0.6) is 0 Å². The number of hydrogen-bond acceptors (Lipinski definition) is 5. The van der Waals surface area contributed by atoms with E-state index in [9.17, 15) is 5.11 Å². The number of aliphatic hydroxyl groups is 1. The Morgan fingerprint density at radius 1 is 1.36 bits per heavy atom. The summed E-state index contributed by atoms with van der Waals surface area (Å²) in [7, 11) is 0. The van der Waals surface area contributed by atoms with E-state index in [1.54, 1.807) is 18.6 Å². The van der Waals surface area contributed by atoms with Crippen LogP contribution < -0.4 is 0 Å². The predicted molar refractivity (Wildman–Crippen MR) is 52.9 cm³/mol. The van der Waals surface area contributed by atoms with Crippen LogP contribution in [0.2, 0.25) is 0 Å². The predicted octanol–water partition coefficient (Wildman–Crippen LogP) is 1.32. The molecule has 0 aliphatic rings. The van der Waals surface area contributed by atoms with Gasteiger partial charge in [-0.1, -0.05) is 6.07 Å². The molecule has 72 valence electrons. The summed E-state index contributed by atoms with van der Waals surface area (Å²) >= 11 is 1.09. The lowest BCUT2D eigenvalue weighted by atomic mass is 10.1. The fourth-order valence-corrected chi connectivity index (χ4v) is 1.63. The zero-order chi connectivity index (χ0) is 9.97. The van der Waals surface area contributed by atoms with Gasteiger partial charge in [-0.25, -0.2) is 0 Å². The van der Waals surface area contributed by atoms with E-state index in [2.05, 4.69) is 13.7 Å². The van der Waals surface area contributed by atoms with E-state index >= 15 is 0 Å². The molecule has 0 aliphatic carbocycles. The molecule has 0 fully saturated rings. The summed E-state index contributed by atoms with van der Waals surface area (Å²) in [6.45, 7) is 1.93. The highest BCUT2D eigenvalue weighted by Crippen LogP contribution is 2.19. The van der Waals surface area contributed by atoms with Crippen LogP contribution in [0.1, 0.15) is 22.9 Å². The van der Waals surface area contributed by atoms with Crippen LogP contribution in [0, 0.1) is 6.92 Å². The van der Waals surface area contributed by atoms with Crippen molar-refractivity contribution in [2.45, 2.75) is 13.0 Å². The van der Waals surface area contributed by atoms with Crippen LogP contribution in [0.4, 0.5) is 0 Å². The molecule has 2 rings (SSSR count).